The summed E-state index contributed by atoms with van der Waals surface area (Å²) in [6, 6.07) is 17.2. The highest BCUT2D eigenvalue weighted by atomic mass is 35.5. The Kier molecular flexibility index (Phi) is 5.46. The minimum absolute atomic E-state index is 0.113. The van der Waals surface area contributed by atoms with Gasteiger partial charge in [0.05, 0.1) is 16.2 Å². The van der Waals surface area contributed by atoms with E-state index in [9.17, 15) is 9.90 Å². The van der Waals surface area contributed by atoms with Crippen molar-refractivity contribution in [2.75, 3.05) is 0 Å². The molecule has 4 rings (SSSR count). The summed E-state index contributed by atoms with van der Waals surface area (Å²) in [7, 11) is 0. The maximum absolute atomic E-state index is 10.8. The molecule has 5 nitrogen and oxygen atoms in total. The summed E-state index contributed by atoms with van der Waals surface area (Å²) in [6.07, 6.45) is 1.22. The third-order valence-electron chi connectivity index (χ3n) is 5.27. The van der Waals surface area contributed by atoms with Crippen LogP contribution in [0, 0.1) is 6.92 Å². The summed E-state index contributed by atoms with van der Waals surface area (Å²) in [5.74, 6) is -0.551. The number of carbonyl (C=O) groups is 1. The van der Waals surface area contributed by atoms with Crippen LogP contribution >= 0.6 is 11.6 Å². The van der Waals surface area contributed by atoms with Crippen molar-refractivity contribution in [3.8, 4) is 28.0 Å². The van der Waals surface area contributed by atoms with Gasteiger partial charge >= 0.3 is 5.97 Å². The summed E-state index contributed by atoms with van der Waals surface area (Å²) >= 11 is 6.53. The molecule has 30 heavy (non-hydrogen) atoms. The highest BCUT2D eigenvalue weighted by Crippen LogP contribution is 2.36. The van der Waals surface area contributed by atoms with Crippen molar-refractivity contribution in [1.82, 2.24) is 10.2 Å². The van der Waals surface area contributed by atoms with E-state index in [1.54, 1.807) is 6.07 Å². The number of hydrogen-bond acceptors (Lipinski definition) is 3. The standard InChI is InChI=1S/C24H21ClN2O3/c1-14-4-2-6-22(28)24(14)16-10-8-15(9-11-16)17-12-18-20(5-3-7-23(29)30)26-27-21(18)13-19(17)25/h2,4,6,8-13,28H,3,5,7H2,1H3,(H,26,27)(H,29,30). The minimum Gasteiger partial charge on any atom is -0.507 e. The van der Waals surface area contributed by atoms with Crippen LogP contribution < -0.4 is 0 Å². The second-order valence-corrected chi connectivity index (χ2v) is 7.75. The van der Waals surface area contributed by atoms with E-state index in [1.807, 2.05) is 55.5 Å². The third-order valence-corrected chi connectivity index (χ3v) is 5.58. The Balaban J connectivity index is 1.68. The topological polar surface area (TPSA) is 86.2 Å². The van der Waals surface area contributed by atoms with Gasteiger partial charge in [0.1, 0.15) is 5.75 Å². The van der Waals surface area contributed by atoms with Crippen molar-refractivity contribution >= 4 is 28.5 Å². The number of phenols is 1. The number of carboxylic acid groups (broad SMARTS) is 1. The summed E-state index contributed by atoms with van der Waals surface area (Å²) < 4.78 is 0. The molecule has 0 amide bonds. The van der Waals surface area contributed by atoms with Crippen LogP contribution in [0.15, 0.2) is 54.6 Å². The molecule has 0 aliphatic carbocycles. The van der Waals surface area contributed by atoms with Gasteiger partial charge in [-0.05, 0) is 54.7 Å². The highest BCUT2D eigenvalue weighted by Gasteiger charge is 2.13. The van der Waals surface area contributed by atoms with E-state index in [-0.39, 0.29) is 12.2 Å². The number of hydrogen-bond donors (Lipinski definition) is 3. The number of phenolic OH excluding ortho intramolecular Hbond substituents is 1. The molecule has 0 saturated heterocycles. The molecule has 1 aromatic heterocycles. The first-order valence-corrected chi connectivity index (χ1v) is 10.1. The molecule has 0 spiro atoms. The first-order valence-electron chi connectivity index (χ1n) is 9.71. The fourth-order valence-electron chi connectivity index (χ4n) is 3.76. The fourth-order valence-corrected chi connectivity index (χ4v) is 4.03. The number of nitrogens with one attached hydrogen (secondary N) is 1. The number of fused-ring (bicyclic) bond motifs is 1. The van der Waals surface area contributed by atoms with Crippen molar-refractivity contribution in [1.29, 1.82) is 0 Å². The summed E-state index contributed by atoms with van der Waals surface area (Å²) in [5, 5.41) is 28.0. The monoisotopic (exact) mass is 420 g/mol. The molecule has 0 bridgehead atoms. The Morgan fingerprint density at radius 1 is 1.10 bits per heavy atom. The lowest BCUT2D eigenvalue weighted by Gasteiger charge is -2.11. The van der Waals surface area contributed by atoms with Crippen LogP contribution in [-0.2, 0) is 11.2 Å². The van der Waals surface area contributed by atoms with Crippen molar-refractivity contribution in [2.24, 2.45) is 0 Å². The van der Waals surface area contributed by atoms with E-state index in [0.717, 1.165) is 44.4 Å². The number of aromatic nitrogens is 2. The fraction of sp³-hybridized carbons (Fsp3) is 0.167. The molecule has 0 atom stereocenters. The number of H-pyrrole nitrogens is 1. The van der Waals surface area contributed by atoms with E-state index in [4.69, 9.17) is 16.7 Å². The van der Waals surface area contributed by atoms with Gasteiger partial charge in [0, 0.05) is 22.9 Å². The molecule has 152 valence electrons. The molecule has 6 heteroatoms. The van der Waals surface area contributed by atoms with Crippen LogP contribution in [0.5, 0.6) is 5.75 Å². The molecule has 0 unspecified atom stereocenters. The SMILES string of the molecule is Cc1cccc(O)c1-c1ccc(-c2cc3c(CCCC(=O)O)n[nH]c3cc2Cl)cc1. The van der Waals surface area contributed by atoms with E-state index in [1.165, 1.54) is 0 Å². The lowest BCUT2D eigenvalue weighted by Crippen LogP contribution is -1.96. The highest BCUT2D eigenvalue weighted by molar-refractivity contribution is 6.34. The average molecular weight is 421 g/mol. The summed E-state index contributed by atoms with van der Waals surface area (Å²) in [4.78, 5) is 10.8. The molecule has 0 aliphatic rings. The quantitative estimate of drug-likeness (QED) is 0.358. The predicted octanol–water partition coefficient (Wildman–Crippen LogP) is 5.97. The zero-order valence-corrected chi connectivity index (χ0v) is 17.2. The predicted molar refractivity (Wildman–Crippen MR) is 119 cm³/mol. The van der Waals surface area contributed by atoms with Crippen LogP contribution in [0.1, 0.15) is 24.1 Å². The van der Waals surface area contributed by atoms with Gasteiger partial charge in [-0.15, -0.1) is 0 Å². The number of nitrogens with zero attached hydrogens (tertiary/aromatic N) is 1. The zero-order valence-electron chi connectivity index (χ0n) is 16.4. The second kappa shape index (κ2) is 8.20. The number of aromatic hydroxyl groups is 1. The number of benzene rings is 3. The third kappa shape index (κ3) is 3.89. The van der Waals surface area contributed by atoms with Crippen LogP contribution in [0.25, 0.3) is 33.2 Å². The maximum atomic E-state index is 10.8. The second-order valence-electron chi connectivity index (χ2n) is 7.34. The van der Waals surface area contributed by atoms with Crippen LogP contribution in [0.3, 0.4) is 0 Å². The van der Waals surface area contributed by atoms with Crippen LogP contribution in [0.4, 0.5) is 0 Å². The number of halogens is 1. The Hall–Kier alpha value is -3.31. The Bertz CT molecular complexity index is 1210. The molecule has 0 fully saturated rings. The Labute approximate surface area is 179 Å². The van der Waals surface area contributed by atoms with E-state index in [0.29, 0.717) is 17.9 Å². The van der Waals surface area contributed by atoms with Gasteiger partial charge in [-0.1, -0.05) is 48.0 Å². The van der Waals surface area contributed by atoms with Crippen LogP contribution in [-0.4, -0.2) is 26.4 Å². The van der Waals surface area contributed by atoms with Gasteiger partial charge in [-0.25, -0.2) is 0 Å². The normalized spacial score (nSPS) is 11.1. The molecule has 0 saturated carbocycles. The maximum Gasteiger partial charge on any atom is 0.303 e. The molecule has 0 radical (unpaired) electrons. The van der Waals surface area contributed by atoms with E-state index < -0.39 is 5.97 Å². The number of aliphatic carboxylic acids is 1. The van der Waals surface area contributed by atoms with Crippen molar-refractivity contribution in [3.63, 3.8) is 0 Å². The molecule has 3 N–H and O–H groups in total. The average Bonchev–Trinajstić information content (AvgIpc) is 3.09. The minimum atomic E-state index is -0.807. The smallest absolute Gasteiger partial charge is 0.303 e. The molecular formula is C24H21ClN2O3. The lowest BCUT2D eigenvalue weighted by molar-refractivity contribution is -0.137. The van der Waals surface area contributed by atoms with Gasteiger partial charge in [-0.2, -0.15) is 5.10 Å². The molecule has 1 heterocycles. The lowest BCUT2D eigenvalue weighted by atomic mass is 9.96. The van der Waals surface area contributed by atoms with Crippen molar-refractivity contribution in [2.45, 2.75) is 26.2 Å². The molecule has 3 aromatic carbocycles. The zero-order chi connectivity index (χ0) is 21.3. The summed E-state index contributed by atoms with van der Waals surface area (Å²) in [6.45, 7) is 1.97. The molecular weight excluding hydrogens is 400 g/mol. The number of rotatable bonds is 6. The summed E-state index contributed by atoms with van der Waals surface area (Å²) in [5.41, 5.74) is 6.26. The number of aryl methyl sites for hydroxylation is 2. The van der Waals surface area contributed by atoms with Gasteiger partial charge in [0.2, 0.25) is 0 Å². The van der Waals surface area contributed by atoms with Crippen LogP contribution in [0.2, 0.25) is 5.02 Å². The molecule has 0 aliphatic heterocycles. The Morgan fingerprint density at radius 3 is 2.53 bits per heavy atom. The van der Waals surface area contributed by atoms with Gasteiger partial charge in [0.15, 0.2) is 0 Å². The van der Waals surface area contributed by atoms with E-state index >= 15 is 0 Å². The first kappa shape index (κ1) is 20.0. The Morgan fingerprint density at radius 2 is 1.83 bits per heavy atom. The first-order chi connectivity index (χ1) is 14.4. The van der Waals surface area contributed by atoms with Gasteiger partial charge in [0.25, 0.3) is 0 Å². The van der Waals surface area contributed by atoms with Crippen molar-refractivity contribution < 1.29 is 15.0 Å². The van der Waals surface area contributed by atoms with E-state index in [2.05, 4.69) is 10.2 Å². The van der Waals surface area contributed by atoms with Gasteiger partial charge < -0.3 is 10.2 Å². The van der Waals surface area contributed by atoms with Crippen molar-refractivity contribution in [3.05, 3.63) is 70.9 Å². The number of carboxylic acids is 1. The largest absolute Gasteiger partial charge is 0.507 e. The van der Waals surface area contributed by atoms with Gasteiger partial charge in [-0.3, -0.25) is 9.89 Å². The molecule has 4 aromatic rings. The number of aromatic amines is 1.